The number of rotatable bonds is 8. The number of hydrogen-bond donors (Lipinski definition) is 0. The highest BCUT2D eigenvalue weighted by atomic mass is 15.3. The number of hydrogen-bond acceptors (Lipinski definition) is 12. The lowest BCUT2D eigenvalue weighted by atomic mass is 10.1. The van der Waals surface area contributed by atoms with Gasteiger partial charge in [-0.2, -0.15) is 0 Å². The van der Waals surface area contributed by atoms with Crippen LogP contribution in [-0.2, 0) is 0 Å². The highest BCUT2D eigenvalue weighted by Gasteiger charge is 2.16. The molecule has 0 atom stereocenters. The van der Waals surface area contributed by atoms with E-state index in [0.717, 1.165) is 89.0 Å². The van der Waals surface area contributed by atoms with Crippen molar-refractivity contribution in [3.63, 3.8) is 0 Å². The SMILES string of the molecule is CN(C)C(=c1c2cc(N(C)C)cc(n2)c2cc(N(C)C)cc(n2)c(=C(N(C)C)N(C)C)c2cc(N(C)C)cc(n2)c2cc(N(C)C)cc1n2)N(C)C. The van der Waals surface area contributed by atoms with Gasteiger partial charge >= 0.3 is 0 Å². The molecule has 52 heavy (non-hydrogen) atoms. The van der Waals surface area contributed by atoms with Crippen molar-refractivity contribution < 1.29 is 0 Å². The van der Waals surface area contributed by atoms with E-state index in [1.165, 1.54) is 0 Å². The van der Waals surface area contributed by atoms with Crippen LogP contribution in [0.25, 0.3) is 55.8 Å². The Morgan fingerprint density at radius 2 is 0.462 bits per heavy atom. The normalized spacial score (nSPS) is 11.1. The maximum Gasteiger partial charge on any atom is 0.115 e. The quantitative estimate of drug-likeness (QED) is 0.237. The molecule has 0 N–H and O–H groups in total. The summed E-state index contributed by atoms with van der Waals surface area (Å²) in [7, 11) is 33.0. The second kappa shape index (κ2) is 14.6. The highest BCUT2D eigenvalue weighted by Crippen LogP contribution is 2.25. The van der Waals surface area contributed by atoms with E-state index < -0.39 is 0 Å². The molecule has 8 bridgehead atoms. The van der Waals surface area contributed by atoms with Gasteiger partial charge < -0.3 is 39.2 Å². The van der Waals surface area contributed by atoms with Gasteiger partial charge in [0, 0.05) is 136 Å². The lowest BCUT2D eigenvalue weighted by Gasteiger charge is -2.25. The molecule has 5 rings (SSSR count). The molecule has 0 aliphatic carbocycles. The van der Waals surface area contributed by atoms with Crippen LogP contribution in [0.1, 0.15) is 0 Å². The molecule has 0 spiro atoms. The van der Waals surface area contributed by atoms with Crippen LogP contribution in [0.15, 0.2) is 48.5 Å². The van der Waals surface area contributed by atoms with Crippen molar-refractivity contribution in [1.29, 1.82) is 0 Å². The van der Waals surface area contributed by atoms with Crippen molar-refractivity contribution in [3.05, 3.63) is 59.0 Å². The van der Waals surface area contributed by atoms with Gasteiger partial charge in [-0.25, -0.2) is 19.9 Å². The van der Waals surface area contributed by atoms with Crippen LogP contribution in [0.2, 0.25) is 0 Å². The van der Waals surface area contributed by atoms with Crippen molar-refractivity contribution in [2.45, 2.75) is 0 Å². The first-order valence-corrected chi connectivity index (χ1v) is 17.4. The second-order valence-corrected chi connectivity index (χ2v) is 14.9. The zero-order chi connectivity index (χ0) is 38.3. The molecule has 0 fully saturated rings. The van der Waals surface area contributed by atoms with Crippen molar-refractivity contribution in [3.8, 4) is 0 Å². The predicted molar refractivity (Wildman–Crippen MR) is 223 cm³/mol. The van der Waals surface area contributed by atoms with Gasteiger partial charge in [0.25, 0.3) is 0 Å². The van der Waals surface area contributed by atoms with E-state index in [0.29, 0.717) is 0 Å². The Balaban J connectivity index is 2.39. The van der Waals surface area contributed by atoms with E-state index in [2.05, 4.69) is 200 Å². The summed E-state index contributed by atoms with van der Waals surface area (Å²) < 4.78 is 0. The molecule has 0 saturated heterocycles. The fourth-order valence-electron chi connectivity index (χ4n) is 6.55. The Morgan fingerprint density at radius 1 is 0.288 bits per heavy atom. The molecule has 12 nitrogen and oxygen atoms in total. The minimum absolute atomic E-state index is 0.757. The molecular formula is C40H56N12. The maximum atomic E-state index is 5.45. The maximum absolute atomic E-state index is 5.45. The summed E-state index contributed by atoms with van der Waals surface area (Å²) in [5.41, 5.74) is 10.2. The smallest absolute Gasteiger partial charge is 0.115 e. The molecule has 0 unspecified atom stereocenters. The lowest BCUT2D eigenvalue weighted by molar-refractivity contribution is 0.432. The largest absolute Gasteiger partial charge is 0.378 e. The third-order valence-corrected chi connectivity index (χ3v) is 9.00. The van der Waals surface area contributed by atoms with Crippen molar-refractivity contribution in [1.82, 2.24) is 39.5 Å². The second-order valence-electron chi connectivity index (χ2n) is 14.9. The molecular weight excluding hydrogens is 649 g/mol. The van der Waals surface area contributed by atoms with Crippen LogP contribution in [-0.4, -0.2) is 152 Å². The van der Waals surface area contributed by atoms with Gasteiger partial charge in [0.2, 0.25) is 0 Å². The van der Waals surface area contributed by atoms with Gasteiger partial charge in [0.1, 0.15) is 11.6 Å². The van der Waals surface area contributed by atoms with Gasteiger partial charge in [-0.05, 0) is 48.5 Å². The van der Waals surface area contributed by atoms with Crippen LogP contribution >= 0.6 is 0 Å². The molecule has 0 radical (unpaired) electrons. The van der Waals surface area contributed by atoms with Crippen LogP contribution in [0.4, 0.5) is 22.7 Å². The van der Waals surface area contributed by atoms with E-state index in [4.69, 9.17) is 19.9 Å². The van der Waals surface area contributed by atoms with Crippen LogP contribution in [0.3, 0.4) is 0 Å². The minimum atomic E-state index is 0.757. The monoisotopic (exact) mass is 704 g/mol. The van der Waals surface area contributed by atoms with E-state index in [1.807, 2.05) is 0 Å². The van der Waals surface area contributed by atoms with Crippen LogP contribution < -0.4 is 30.0 Å². The first-order chi connectivity index (χ1) is 24.4. The lowest BCUT2D eigenvalue weighted by Crippen LogP contribution is -2.31. The summed E-state index contributed by atoms with van der Waals surface area (Å²) in [6.07, 6.45) is 0. The van der Waals surface area contributed by atoms with E-state index >= 15 is 0 Å². The first-order valence-electron chi connectivity index (χ1n) is 17.4. The molecule has 0 aromatic carbocycles. The van der Waals surface area contributed by atoms with Gasteiger partial charge in [0.05, 0.1) is 54.6 Å². The zero-order valence-corrected chi connectivity index (χ0v) is 34.0. The summed E-state index contributed by atoms with van der Waals surface area (Å²) in [4.78, 5) is 38.7. The molecule has 0 aliphatic rings. The number of nitrogens with zero attached hydrogens (tertiary/aromatic N) is 12. The topological polar surface area (TPSA) is 77.5 Å². The first kappa shape index (κ1) is 37.7. The average Bonchev–Trinajstić information content (AvgIpc) is 3.07. The van der Waals surface area contributed by atoms with Crippen molar-refractivity contribution in [2.75, 3.05) is 132 Å². The zero-order valence-electron chi connectivity index (χ0n) is 34.0. The van der Waals surface area contributed by atoms with E-state index in [9.17, 15) is 0 Å². The number of fused-ring (bicyclic) bond motifs is 10. The summed E-state index contributed by atoms with van der Waals surface area (Å²) in [5, 5.41) is 1.80. The number of pyridine rings is 4. The van der Waals surface area contributed by atoms with Gasteiger partial charge in [0.15, 0.2) is 0 Å². The average molecular weight is 705 g/mol. The van der Waals surface area contributed by atoms with E-state index in [1.54, 1.807) is 0 Å². The number of anilines is 4. The summed E-state index contributed by atoms with van der Waals surface area (Å²) >= 11 is 0. The molecule has 0 amide bonds. The predicted octanol–water partition coefficient (Wildman–Crippen LogP) is 3.65. The summed E-state index contributed by atoms with van der Waals surface area (Å²) in [6.45, 7) is 0. The Kier molecular flexibility index (Phi) is 10.6. The standard InChI is InChI=1S/C40H56N12/c1-45(2)25-17-29-30-18-26(46(3)4)23-35(42-30)38(40(51(13)14)52(15)16)36-24-28(48(7)8)20-32(44-36)31-19-27(47(5)6)22-34(43-31)37(33(21-25)41-29)39(49(9)10)50(11)12/h17-24H,1-16H3. The fraction of sp³-hybridized carbons (Fsp3) is 0.400. The Hall–Kier alpha value is -5.52. The van der Waals surface area contributed by atoms with Crippen LogP contribution in [0, 0.1) is 0 Å². The summed E-state index contributed by atoms with van der Waals surface area (Å²) in [5.74, 6) is 1.93. The summed E-state index contributed by atoms with van der Waals surface area (Å²) in [6, 6.07) is 17.0. The molecule has 5 heterocycles. The molecule has 5 aromatic rings. The molecule has 0 saturated carbocycles. The van der Waals surface area contributed by atoms with Gasteiger partial charge in [-0.3, -0.25) is 0 Å². The molecule has 276 valence electrons. The fourth-order valence-corrected chi connectivity index (χ4v) is 6.55. The van der Waals surface area contributed by atoms with Crippen molar-refractivity contribution in [2.24, 2.45) is 0 Å². The van der Waals surface area contributed by atoms with Crippen LogP contribution in [0.5, 0.6) is 0 Å². The molecule has 5 aromatic heterocycles. The Morgan fingerprint density at radius 3 is 0.615 bits per heavy atom. The third kappa shape index (κ3) is 7.42. The Labute approximate surface area is 308 Å². The minimum Gasteiger partial charge on any atom is -0.378 e. The van der Waals surface area contributed by atoms with Gasteiger partial charge in [-0.15, -0.1) is 0 Å². The molecule has 12 heteroatoms. The van der Waals surface area contributed by atoms with Gasteiger partial charge in [-0.1, -0.05) is 0 Å². The molecule has 0 aliphatic heterocycles. The number of aromatic nitrogens is 4. The van der Waals surface area contributed by atoms with Crippen molar-refractivity contribution >= 4 is 78.5 Å². The van der Waals surface area contributed by atoms with E-state index in [-0.39, 0.29) is 0 Å². The third-order valence-electron chi connectivity index (χ3n) is 9.00. The Bertz CT molecular complexity index is 2020. The highest BCUT2D eigenvalue weighted by molar-refractivity contribution is 5.90.